The molecule has 1 aromatic carbocycles. The number of amides is 1. The summed E-state index contributed by atoms with van der Waals surface area (Å²) in [5.41, 5.74) is 0.903. The van der Waals surface area contributed by atoms with Crippen LogP contribution in [0.2, 0.25) is 0 Å². The van der Waals surface area contributed by atoms with Gasteiger partial charge in [0.25, 0.3) is 5.91 Å². The lowest BCUT2D eigenvalue weighted by Crippen LogP contribution is -2.30. The number of esters is 1. The van der Waals surface area contributed by atoms with Crippen LogP contribution in [-0.2, 0) is 9.53 Å². The Balaban J connectivity index is 2.20. The molecule has 1 heterocycles. The number of nitro groups is 1. The largest absolute Gasteiger partial charge is 0.469 e. The number of methoxy groups -OCH3 is 1. The molecule has 0 aliphatic rings. The molecule has 2 aromatic rings. The molecule has 0 unspecified atom stereocenters. The van der Waals surface area contributed by atoms with Gasteiger partial charge >= 0.3 is 11.0 Å². The fourth-order valence-electron chi connectivity index (χ4n) is 1.98. The lowest BCUT2D eigenvalue weighted by atomic mass is 10.0. The van der Waals surface area contributed by atoms with E-state index in [0.717, 1.165) is 21.4 Å². The number of thiophene rings is 1. The third-order valence-electron chi connectivity index (χ3n) is 3.20. The summed E-state index contributed by atoms with van der Waals surface area (Å²) in [5, 5.41) is 14.7. The zero-order chi connectivity index (χ0) is 17.7. The van der Waals surface area contributed by atoms with Crippen LogP contribution in [0, 0.1) is 10.1 Å². The summed E-state index contributed by atoms with van der Waals surface area (Å²) in [6.07, 6.45) is -0.0455. The number of rotatable bonds is 6. The normalized spacial score (nSPS) is 11.6. The first kappa shape index (κ1) is 18.1. The molecule has 0 aliphatic heterocycles. The van der Waals surface area contributed by atoms with Crippen molar-refractivity contribution in [3.63, 3.8) is 0 Å². The molecule has 7 nitrogen and oxygen atoms in total. The van der Waals surface area contributed by atoms with Gasteiger partial charge in [-0.3, -0.25) is 19.7 Å². The Morgan fingerprint density at radius 2 is 2.04 bits per heavy atom. The highest BCUT2D eigenvalue weighted by molar-refractivity contribution is 9.10. The molecular weight excluding hydrogens is 400 g/mol. The monoisotopic (exact) mass is 412 g/mol. The van der Waals surface area contributed by atoms with Crippen LogP contribution in [0.1, 0.15) is 28.4 Å². The zero-order valence-electron chi connectivity index (χ0n) is 12.5. The van der Waals surface area contributed by atoms with Crippen LogP contribution >= 0.6 is 27.3 Å². The quantitative estimate of drug-likeness (QED) is 0.444. The smallest absolute Gasteiger partial charge is 0.324 e. The lowest BCUT2D eigenvalue weighted by molar-refractivity contribution is -0.380. The van der Waals surface area contributed by atoms with Crippen LogP contribution < -0.4 is 5.32 Å². The van der Waals surface area contributed by atoms with E-state index in [-0.39, 0.29) is 17.0 Å². The molecule has 9 heteroatoms. The fourth-order valence-corrected chi connectivity index (χ4v) is 2.95. The van der Waals surface area contributed by atoms with E-state index in [2.05, 4.69) is 26.0 Å². The number of nitrogens with one attached hydrogen (secondary N) is 1. The van der Waals surface area contributed by atoms with E-state index in [0.29, 0.717) is 0 Å². The number of carbonyl (C=O) groups is 2. The summed E-state index contributed by atoms with van der Waals surface area (Å²) in [4.78, 5) is 34.1. The number of benzene rings is 1. The molecule has 0 bridgehead atoms. The van der Waals surface area contributed by atoms with E-state index < -0.39 is 22.8 Å². The molecule has 2 rings (SSSR count). The van der Waals surface area contributed by atoms with Gasteiger partial charge in [-0.15, -0.1) is 0 Å². The van der Waals surface area contributed by atoms with Crippen molar-refractivity contribution in [3.8, 4) is 0 Å². The molecule has 1 amide bonds. The number of carbonyl (C=O) groups excluding carboxylic acids is 2. The van der Waals surface area contributed by atoms with Crippen LogP contribution in [0.25, 0.3) is 0 Å². The van der Waals surface area contributed by atoms with E-state index in [1.165, 1.54) is 18.6 Å². The van der Waals surface area contributed by atoms with Crippen LogP contribution in [0.3, 0.4) is 0 Å². The highest BCUT2D eigenvalue weighted by atomic mass is 79.9. The maximum atomic E-state index is 12.3. The Labute approximate surface area is 149 Å². The van der Waals surface area contributed by atoms with Crippen molar-refractivity contribution in [2.75, 3.05) is 7.11 Å². The Hall–Kier alpha value is -2.26. The van der Waals surface area contributed by atoms with Crippen molar-refractivity contribution in [1.82, 2.24) is 5.32 Å². The Kier molecular flexibility index (Phi) is 6.04. The second-order valence-electron chi connectivity index (χ2n) is 4.79. The first-order valence-corrected chi connectivity index (χ1v) is 8.44. The fraction of sp³-hybridized carbons (Fsp3) is 0.200. The van der Waals surface area contributed by atoms with E-state index in [4.69, 9.17) is 0 Å². The first-order chi connectivity index (χ1) is 11.4. The number of ether oxygens (including phenoxy) is 1. The topological polar surface area (TPSA) is 98.5 Å². The number of hydrogen-bond acceptors (Lipinski definition) is 6. The van der Waals surface area contributed by atoms with Crippen molar-refractivity contribution in [3.05, 3.63) is 61.4 Å². The van der Waals surface area contributed by atoms with Crippen molar-refractivity contribution in [2.24, 2.45) is 0 Å². The third kappa shape index (κ3) is 4.62. The molecule has 1 N–H and O–H groups in total. The first-order valence-electron chi connectivity index (χ1n) is 6.76. The van der Waals surface area contributed by atoms with Gasteiger partial charge in [0.2, 0.25) is 0 Å². The maximum Gasteiger partial charge on any atom is 0.324 e. The van der Waals surface area contributed by atoms with Gasteiger partial charge in [-0.1, -0.05) is 39.4 Å². The van der Waals surface area contributed by atoms with E-state index in [1.807, 2.05) is 0 Å². The van der Waals surface area contributed by atoms with Gasteiger partial charge in [0, 0.05) is 15.9 Å². The Bertz CT molecular complexity index is 759. The lowest BCUT2D eigenvalue weighted by Gasteiger charge is -2.18. The van der Waals surface area contributed by atoms with Gasteiger partial charge < -0.3 is 10.1 Å². The average Bonchev–Trinajstić information content (AvgIpc) is 3.05. The molecule has 0 saturated carbocycles. The number of hydrogen-bond donors (Lipinski definition) is 1. The van der Waals surface area contributed by atoms with Gasteiger partial charge in [0.1, 0.15) is 0 Å². The molecule has 24 heavy (non-hydrogen) atoms. The second-order valence-corrected chi connectivity index (χ2v) is 6.59. The minimum atomic E-state index is -0.600. The number of halogens is 1. The van der Waals surface area contributed by atoms with Crippen molar-refractivity contribution in [2.45, 2.75) is 12.5 Å². The molecule has 0 aliphatic carbocycles. The molecule has 0 saturated heterocycles. The summed E-state index contributed by atoms with van der Waals surface area (Å²) >= 11 is 4.19. The Morgan fingerprint density at radius 1 is 1.38 bits per heavy atom. The third-order valence-corrected chi connectivity index (χ3v) is 4.61. The average molecular weight is 413 g/mol. The number of nitrogens with zero attached hydrogens (tertiary/aromatic N) is 1. The van der Waals surface area contributed by atoms with Gasteiger partial charge in [-0.25, -0.2) is 0 Å². The molecule has 0 radical (unpaired) electrons. The highest BCUT2D eigenvalue weighted by Gasteiger charge is 2.22. The summed E-state index contributed by atoms with van der Waals surface area (Å²) in [6, 6.07) is 7.73. The zero-order valence-corrected chi connectivity index (χ0v) is 14.9. The highest BCUT2D eigenvalue weighted by Crippen LogP contribution is 2.24. The van der Waals surface area contributed by atoms with E-state index in [1.54, 1.807) is 24.3 Å². The van der Waals surface area contributed by atoms with Crippen LogP contribution in [-0.4, -0.2) is 23.9 Å². The standard InChI is InChI=1S/C15H13BrN2O5S/c1-23-14(19)7-12(9-2-4-11(16)5-3-9)17-15(20)10-6-13(18(21)22)24-8-10/h2-6,8,12H,7H2,1H3,(H,17,20)/t12-/m0/s1. The molecular formula is C15H13BrN2O5S. The second kappa shape index (κ2) is 8.02. The summed E-state index contributed by atoms with van der Waals surface area (Å²) in [6.45, 7) is 0. The predicted octanol–water partition coefficient (Wildman–Crippen LogP) is 3.45. The summed E-state index contributed by atoms with van der Waals surface area (Å²) in [5.74, 6) is -0.962. The molecule has 126 valence electrons. The molecule has 1 aromatic heterocycles. The van der Waals surface area contributed by atoms with Gasteiger partial charge in [-0.2, -0.15) is 0 Å². The minimum Gasteiger partial charge on any atom is -0.469 e. The molecule has 0 spiro atoms. The van der Waals surface area contributed by atoms with E-state index in [9.17, 15) is 19.7 Å². The predicted molar refractivity (Wildman–Crippen MR) is 92.0 cm³/mol. The van der Waals surface area contributed by atoms with Crippen LogP contribution in [0.15, 0.2) is 40.2 Å². The summed E-state index contributed by atoms with van der Waals surface area (Å²) in [7, 11) is 1.27. The molecule has 1 atom stereocenters. The van der Waals surface area contributed by atoms with Gasteiger partial charge in [0.15, 0.2) is 0 Å². The maximum absolute atomic E-state index is 12.3. The molecule has 0 fully saturated rings. The minimum absolute atomic E-state index is 0.0455. The Morgan fingerprint density at radius 3 is 2.58 bits per heavy atom. The van der Waals surface area contributed by atoms with Crippen molar-refractivity contribution in [1.29, 1.82) is 0 Å². The van der Waals surface area contributed by atoms with Gasteiger partial charge in [0.05, 0.1) is 30.1 Å². The van der Waals surface area contributed by atoms with Gasteiger partial charge in [-0.05, 0) is 17.7 Å². The van der Waals surface area contributed by atoms with Crippen molar-refractivity contribution < 1.29 is 19.2 Å². The van der Waals surface area contributed by atoms with Crippen LogP contribution in [0.5, 0.6) is 0 Å². The van der Waals surface area contributed by atoms with Crippen molar-refractivity contribution >= 4 is 44.1 Å². The summed E-state index contributed by atoms with van der Waals surface area (Å²) < 4.78 is 5.53. The SMILES string of the molecule is COC(=O)C[C@H](NC(=O)c1csc([N+](=O)[O-])c1)c1ccc(Br)cc1. The van der Waals surface area contributed by atoms with Crippen LogP contribution in [0.4, 0.5) is 5.00 Å². The van der Waals surface area contributed by atoms with E-state index >= 15 is 0 Å².